The molecular formula is C27H28ClN5O6S. The minimum absolute atomic E-state index is 0.0529. The van der Waals surface area contributed by atoms with Gasteiger partial charge in [0, 0.05) is 31.2 Å². The van der Waals surface area contributed by atoms with E-state index in [0.717, 1.165) is 15.5 Å². The summed E-state index contributed by atoms with van der Waals surface area (Å²) in [7, 11) is -4.09. The smallest absolute Gasteiger partial charge is 0.302 e. The van der Waals surface area contributed by atoms with Gasteiger partial charge in [0.05, 0.1) is 30.1 Å². The van der Waals surface area contributed by atoms with Crippen molar-refractivity contribution in [2.75, 3.05) is 44.2 Å². The van der Waals surface area contributed by atoms with Crippen molar-refractivity contribution in [2.24, 2.45) is 0 Å². The summed E-state index contributed by atoms with van der Waals surface area (Å²) in [6.07, 6.45) is 4.36. The number of benzene rings is 2. The highest BCUT2D eigenvalue weighted by Crippen LogP contribution is 2.44. The zero-order valence-corrected chi connectivity index (χ0v) is 23.4. The van der Waals surface area contributed by atoms with Crippen LogP contribution in [0.15, 0.2) is 59.9 Å². The lowest BCUT2D eigenvalue weighted by atomic mass is 9.91. The van der Waals surface area contributed by atoms with Gasteiger partial charge in [-0.15, -0.1) is 0 Å². The number of carbonyl (C=O) groups excluding carboxylic acids is 2. The first kappa shape index (κ1) is 26.9. The van der Waals surface area contributed by atoms with Crippen LogP contribution in [0.5, 0.6) is 0 Å². The lowest BCUT2D eigenvalue weighted by Gasteiger charge is -2.44. The average Bonchev–Trinajstić information content (AvgIpc) is 3.27. The Hall–Kier alpha value is -3.32. The van der Waals surface area contributed by atoms with Gasteiger partial charge in [0.25, 0.3) is 0 Å². The van der Waals surface area contributed by atoms with Crippen molar-refractivity contribution >= 4 is 50.1 Å². The fraction of sp³-hybridized carbons (Fsp3) is 0.407. The molecule has 40 heavy (non-hydrogen) atoms. The lowest BCUT2D eigenvalue weighted by molar-refractivity contribution is -0.200. The van der Waals surface area contributed by atoms with Gasteiger partial charge in [-0.3, -0.25) is 9.59 Å². The van der Waals surface area contributed by atoms with Crippen molar-refractivity contribution in [3.05, 3.63) is 60.0 Å². The first-order valence-electron chi connectivity index (χ1n) is 12.9. The second kappa shape index (κ2) is 9.95. The van der Waals surface area contributed by atoms with E-state index in [4.69, 9.17) is 21.1 Å². The summed E-state index contributed by atoms with van der Waals surface area (Å²) in [6.45, 7) is 2.05. The number of carbonyl (C=O) groups is 2. The molecule has 1 aromatic heterocycles. The van der Waals surface area contributed by atoms with Crippen LogP contribution in [0, 0.1) is 0 Å². The summed E-state index contributed by atoms with van der Waals surface area (Å²) in [6, 6.07) is 11.8. The quantitative estimate of drug-likeness (QED) is 0.415. The molecule has 3 fully saturated rings. The fourth-order valence-electron chi connectivity index (χ4n) is 5.84. The van der Waals surface area contributed by atoms with Gasteiger partial charge in [0.1, 0.15) is 18.8 Å². The van der Waals surface area contributed by atoms with Crippen molar-refractivity contribution in [3.63, 3.8) is 0 Å². The maximum absolute atomic E-state index is 13.8. The van der Waals surface area contributed by atoms with Gasteiger partial charge in [0.15, 0.2) is 5.72 Å². The van der Waals surface area contributed by atoms with E-state index in [1.54, 1.807) is 41.4 Å². The Kier molecular flexibility index (Phi) is 6.68. The number of sulfonamides is 1. The van der Waals surface area contributed by atoms with E-state index in [-0.39, 0.29) is 31.1 Å². The van der Waals surface area contributed by atoms with Crippen LogP contribution in [-0.2, 0) is 29.1 Å². The summed E-state index contributed by atoms with van der Waals surface area (Å²) >= 11 is 6.08. The molecule has 3 aromatic rings. The number of piperazine rings is 1. The number of halogens is 1. The molecule has 11 nitrogen and oxygen atoms in total. The molecule has 4 heterocycles. The van der Waals surface area contributed by atoms with Crippen molar-refractivity contribution in [1.29, 1.82) is 0 Å². The molecule has 1 spiro atoms. The van der Waals surface area contributed by atoms with Crippen LogP contribution in [0.1, 0.15) is 19.8 Å². The third kappa shape index (κ3) is 4.78. The summed E-state index contributed by atoms with van der Waals surface area (Å²) in [5.41, 5.74) is -2.14. The minimum Gasteiger partial charge on any atom is -0.461 e. The maximum atomic E-state index is 13.8. The van der Waals surface area contributed by atoms with E-state index in [2.05, 4.69) is 14.9 Å². The maximum Gasteiger partial charge on any atom is 0.302 e. The van der Waals surface area contributed by atoms with Gasteiger partial charge in [-0.25, -0.2) is 18.4 Å². The lowest BCUT2D eigenvalue weighted by Crippen LogP contribution is -2.65. The molecule has 3 aliphatic rings. The number of anilines is 1. The van der Waals surface area contributed by atoms with Gasteiger partial charge < -0.3 is 19.3 Å². The van der Waals surface area contributed by atoms with E-state index in [9.17, 15) is 18.0 Å². The number of amides is 1. The summed E-state index contributed by atoms with van der Waals surface area (Å²) in [5.74, 6) is -0.135. The number of esters is 1. The number of aromatic nitrogens is 2. The molecule has 3 aliphatic heterocycles. The van der Waals surface area contributed by atoms with Crippen LogP contribution in [0.3, 0.4) is 0 Å². The molecule has 6 rings (SSSR count). The molecule has 2 aromatic carbocycles. The summed E-state index contributed by atoms with van der Waals surface area (Å²) < 4.78 is 40.8. The molecule has 1 amide bonds. The molecule has 0 saturated carbocycles. The fourth-order valence-corrected chi connectivity index (χ4v) is 7.49. The van der Waals surface area contributed by atoms with E-state index in [1.165, 1.54) is 19.3 Å². The molecule has 3 saturated heterocycles. The van der Waals surface area contributed by atoms with Crippen LogP contribution in [0.2, 0.25) is 5.02 Å². The molecule has 0 N–H and O–H groups in total. The monoisotopic (exact) mass is 585 g/mol. The largest absolute Gasteiger partial charge is 0.461 e. The first-order valence-corrected chi connectivity index (χ1v) is 14.8. The Labute approximate surface area is 236 Å². The number of fused-ring (bicyclic) bond motifs is 2. The number of hydrogen-bond donors (Lipinski definition) is 0. The van der Waals surface area contributed by atoms with Crippen LogP contribution in [-0.4, -0.2) is 90.1 Å². The molecular weight excluding hydrogens is 558 g/mol. The Morgan fingerprint density at radius 1 is 1.10 bits per heavy atom. The van der Waals surface area contributed by atoms with Gasteiger partial charge in [-0.05, 0) is 53.9 Å². The summed E-state index contributed by atoms with van der Waals surface area (Å²) in [5, 5.41) is 2.05. The van der Waals surface area contributed by atoms with E-state index >= 15 is 0 Å². The SMILES string of the molecule is CC(=O)OCC12CN(S(=O)(=O)c3ccc4cc(Cl)ccc4c3)CC(=O)N1CC1(CCN(c3ccncn3)CC1)O2. The van der Waals surface area contributed by atoms with Crippen molar-refractivity contribution in [3.8, 4) is 0 Å². The molecule has 1 unspecified atom stereocenters. The molecule has 13 heteroatoms. The second-order valence-corrected chi connectivity index (χ2v) is 12.8. The Bertz CT molecular complexity index is 1580. The van der Waals surface area contributed by atoms with E-state index in [0.29, 0.717) is 36.3 Å². The third-order valence-electron chi connectivity index (χ3n) is 7.86. The topological polar surface area (TPSA) is 122 Å². The first-order chi connectivity index (χ1) is 19.1. The number of hydrogen-bond acceptors (Lipinski definition) is 9. The van der Waals surface area contributed by atoms with Crippen LogP contribution in [0.4, 0.5) is 5.82 Å². The van der Waals surface area contributed by atoms with Gasteiger partial charge in [0.2, 0.25) is 15.9 Å². The normalized spacial score (nSPS) is 23.0. The molecule has 210 valence electrons. The predicted molar refractivity (Wildman–Crippen MR) is 146 cm³/mol. The average molecular weight is 586 g/mol. The van der Waals surface area contributed by atoms with Crippen LogP contribution in [0.25, 0.3) is 10.8 Å². The van der Waals surface area contributed by atoms with E-state index < -0.39 is 33.2 Å². The van der Waals surface area contributed by atoms with Gasteiger partial charge >= 0.3 is 5.97 Å². The number of ether oxygens (including phenoxy) is 2. The Morgan fingerprint density at radius 3 is 2.58 bits per heavy atom. The van der Waals surface area contributed by atoms with Crippen molar-refractivity contribution < 1.29 is 27.5 Å². The number of rotatable bonds is 5. The third-order valence-corrected chi connectivity index (χ3v) is 9.88. The van der Waals surface area contributed by atoms with Gasteiger partial charge in [-0.2, -0.15) is 4.31 Å². The standard InChI is InChI=1S/C27H28ClN5O6S/c1-19(34)38-17-27-16-32(40(36,37)23-5-3-20-12-22(28)4-2-21(20)13-23)14-25(35)33(27)15-26(39-27)7-10-31(11-8-26)24-6-9-29-18-30-24/h2-6,9,12-13,18H,7-8,10-11,14-17H2,1H3. The number of piperidine rings is 1. The zero-order valence-electron chi connectivity index (χ0n) is 21.8. The highest BCUT2D eigenvalue weighted by Gasteiger charge is 2.61. The van der Waals surface area contributed by atoms with Crippen LogP contribution >= 0.6 is 11.6 Å². The van der Waals surface area contributed by atoms with Gasteiger partial charge in [-0.1, -0.05) is 23.7 Å². The molecule has 0 bridgehead atoms. The molecule has 0 radical (unpaired) electrons. The van der Waals surface area contributed by atoms with Crippen molar-refractivity contribution in [1.82, 2.24) is 19.2 Å². The second-order valence-electron chi connectivity index (χ2n) is 10.5. The van der Waals surface area contributed by atoms with E-state index in [1.807, 2.05) is 6.07 Å². The minimum atomic E-state index is -4.09. The molecule has 0 aliphatic carbocycles. The molecule has 1 atom stereocenters. The van der Waals surface area contributed by atoms with Crippen molar-refractivity contribution in [2.45, 2.75) is 36.0 Å². The zero-order chi connectivity index (χ0) is 28.1. The predicted octanol–water partition coefficient (Wildman–Crippen LogP) is 2.44. The highest BCUT2D eigenvalue weighted by molar-refractivity contribution is 7.89. The Balaban J connectivity index is 1.29. The van der Waals surface area contributed by atoms with Crippen LogP contribution < -0.4 is 4.90 Å². The Morgan fingerprint density at radius 2 is 1.85 bits per heavy atom. The number of nitrogens with zero attached hydrogens (tertiary/aromatic N) is 5. The summed E-state index contributed by atoms with van der Waals surface area (Å²) in [4.78, 5) is 37.4. The highest BCUT2D eigenvalue weighted by atomic mass is 35.5.